The molecule has 8 nitrogen and oxygen atoms in total. The molecular weight excluding hydrogens is 332 g/mol. The third-order valence-electron chi connectivity index (χ3n) is 2.36. The first-order chi connectivity index (χ1) is 10.4. The summed E-state index contributed by atoms with van der Waals surface area (Å²) in [5, 5.41) is 21.4. The van der Waals surface area contributed by atoms with Crippen LogP contribution in [0, 0.1) is 0 Å². The van der Waals surface area contributed by atoms with Gasteiger partial charge in [0.15, 0.2) is 0 Å². The van der Waals surface area contributed by atoms with Crippen LogP contribution in [0.3, 0.4) is 0 Å². The smallest absolute Gasteiger partial charge is 0.326 e. The van der Waals surface area contributed by atoms with Crippen molar-refractivity contribution in [2.24, 2.45) is 0 Å². The van der Waals surface area contributed by atoms with Crippen molar-refractivity contribution >= 4 is 48.3 Å². The molecule has 0 radical (unpaired) electrons. The zero-order valence-electron chi connectivity index (χ0n) is 12.5. The molecule has 22 heavy (non-hydrogen) atoms. The largest absolute Gasteiger partial charge is 0.480 e. The summed E-state index contributed by atoms with van der Waals surface area (Å²) in [5.74, 6) is -0.493. The van der Waals surface area contributed by atoms with Crippen LogP contribution in [-0.4, -0.2) is 71.1 Å². The third kappa shape index (κ3) is 13.6. The van der Waals surface area contributed by atoms with Crippen molar-refractivity contribution in [3.8, 4) is 0 Å². The molecule has 0 spiro atoms. The highest BCUT2D eigenvalue weighted by atomic mass is 32.2. The molecule has 4 N–H and O–H groups in total. The van der Waals surface area contributed by atoms with E-state index in [0.717, 1.165) is 11.5 Å². The fourth-order valence-electron chi connectivity index (χ4n) is 1.19. The molecule has 0 aliphatic carbocycles. The number of thioether (sulfide) groups is 2. The molecule has 0 aliphatic rings. The minimum Gasteiger partial charge on any atom is -0.480 e. The number of hydrogen-bond donors (Lipinski definition) is 4. The molecule has 2 amide bonds. The highest BCUT2D eigenvalue weighted by Crippen LogP contribution is 2.00. The highest BCUT2D eigenvalue weighted by Gasteiger charge is 2.15. The van der Waals surface area contributed by atoms with Gasteiger partial charge in [0.05, 0.1) is 0 Å². The van der Waals surface area contributed by atoms with Crippen LogP contribution in [0.15, 0.2) is 0 Å². The lowest BCUT2D eigenvalue weighted by Gasteiger charge is -2.08. The summed E-state index contributed by atoms with van der Waals surface area (Å²) in [6.07, 6.45) is 5.54. The molecule has 0 rings (SSSR count). The number of rotatable bonds is 12. The van der Waals surface area contributed by atoms with Crippen LogP contribution in [-0.2, 0) is 19.2 Å². The SMILES string of the molecule is CSCC[C@H](NC=O)C(=O)O.CSCC[C@H](NC=O)C(=O)O. The van der Waals surface area contributed by atoms with E-state index in [9.17, 15) is 19.2 Å². The minimum absolute atomic E-state index is 0.416. The Morgan fingerprint density at radius 1 is 0.909 bits per heavy atom. The van der Waals surface area contributed by atoms with Gasteiger partial charge in [-0.05, 0) is 36.9 Å². The van der Waals surface area contributed by atoms with Gasteiger partial charge >= 0.3 is 11.9 Å². The van der Waals surface area contributed by atoms with Crippen LogP contribution in [0.1, 0.15) is 12.8 Å². The Bertz CT molecular complexity index is 312. The molecule has 0 fully saturated rings. The van der Waals surface area contributed by atoms with Gasteiger partial charge in [-0.25, -0.2) is 9.59 Å². The second kappa shape index (κ2) is 16.0. The van der Waals surface area contributed by atoms with Crippen molar-refractivity contribution < 1.29 is 29.4 Å². The summed E-state index contributed by atoms with van der Waals surface area (Å²) in [6, 6.07) is -1.47. The lowest BCUT2D eigenvalue weighted by Crippen LogP contribution is -2.36. The Balaban J connectivity index is 0. The van der Waals surface area contributed by atoms with Crippen molar-refractivity contribution in [2.45, 2.75) is 24.9 Å². The molecule has 0 saturated heterocycles. The fraction of sp³-hybridized carbons (Fsp3) is 0.667. The normalized spacial score (nSPS) is 12.1. The van der Waals surface area contributed by atoms with Crippen LogP contribution in [0.25, 0.3) is 0 Å². The number of hydrogen-bond acceptors (Lipinski definition) is 6. The van der Waals surface area contributed by atoms with Crippen LogP contribution in [0.4, 0.5) is 0 Å². The molecule has 128 valence electrons. The number of nitrogens with one attached hydrogen (secondary N) is 2. The molecule has 0 heterocycles. The first kappa shape index (κ1) is 22.9. The van der Waals surface area contributed by atoms with Gasteiger partial charge in [-0.1, -0.05) is 0 Å². The van der Waals surface area contributed by atoms with Crippen molar-refractivity contribution in [1.82, 2.24) is 10.6 Å². The number of amides is 2. The molecule has 0 aromatic carbocycles. The molecule has 0 unspecified atom stereocenters. The predicted octanol–water partition coefficient (Wildman–Crippen LogP) is -0.123. The monoisotopic (exact) mass is 354 g/mol. The van der Waals surface area contributed by atoms with Gasteiger partial charge in [-0.3, -0.25) is 9.59 Å². The maximum absolute atomic E-state index is 10.4. The summed E-state index contributed by atoms with van der Waals surface area (Å²) in [4.78, 5) is 40.5. The second-order valence-electron chi connectivity index (χ2n) is 3.91. The molecule has 2 atom stereocenters. The average Bonchev–Trinajstić information content (AvgIpc) is 2.48. The Morgan fingerprint density at radius 2 is 1.23 bits per heavy atom. The van der Waals surface area contributed by atoms with Gasteiger partial charge in [0.25, 0.3) is 0 Å². The van der Waals surface area contributed by atoms with Gasteiger partial charge in [0.1, 0.15) is 12.1 Å². The Kier molecular flexibility index (Phi) is 16.6. The van der Waals surface area contributed by atoms with E-state index in [1.165, 1.54) is 0 Å². The van der Waals surface area contributed by atoms with E-state index in [4.69, 9.17) is 10.2 Å². The van der Waals surface area contributed by atoms with Crippen molar-refractivity contribution in [2.75, 3.05) is 24.0 Å². The summed E-state index contributed by atoms with van der Waals surface area (Å²) in [6.45, 7) is 0. The van der Waals surface area contributed by atoms with E-state index in [1.54, 1.807) is 23.5 Å². The van der Waals surface area contributed by atoms with Gasteiger partial charge in [0, 0.05) is 0 Å². The standard InChI is InChI=1S/2C6H11NO3S/c2*1-11-3-2-5(6(9)10)7-4-8/h2*4-5H,2-3H2,1H3,(H,7,8)(H,9,10)/t2*5-/m00/s1. The quantitative estimate of drug-likeness (QED) is 0.357. The topological polar surface area (TPSA) is 133 Å². The van der Waals surface area contributed by atoms with E-state index < -0.39 is 24.0 Å². The highest BCUT2D eigenvalue weighted by molar-refractivity contribution is 7.98. The molecule has 0 bridgehead atoms. The van der Waals surface area contributed by atoms with Crippen LogP contribution < -0.4 is 10.6 Å². The summed E-state index contributed by atoms with van der Waals surface area (Å²) in [7, 11) is 0. The van der Waals surface area contributed by atoms with E-state index in [1.807, 2.05) is 12.5 Å². The molecular formula is C12H22N2O6S2. The van der Waals surface area contributed by atoms with Crippen LogP contribution in [0.2, 0.25) is 0 Å². The van der Waals surface area contributed by atoms with Gasteiger partial charge in [-0.15, -0.1) is 0 Å². The lowest BCUT2D eigenvalue weighted by atomic mass is 10.2. The summed E-state index contributed by atoms with van der Waals surface area (Å²) < 4.78 is 0. The zero-order valence-corrected chi connectivity index (χ0v) is 14.1. The van der Waals surface area contributed by atoms with E-state index in [0.29, 0.717) is 25.7 Å². The first-order valence-electron chi connectivity index (χ1n) is 6.27. The summed E-state index contributed by atoms with van der Waals surface area (Å²) >= 11 is 3.11. The number of carbonyl (C=O) groups is 4. The van der Waals surface area contributed by atoms with Crippen molar-refractivity contribution in [3.05, 3.63) is 0 Å². The molecule has 0 aliphatic heterocycles. The predicted molar refractivity (Wildman–Crippen MR) is 87.2 cm³/mol. The lowest BCUT2D eigenvalue weighted by molar-refractivity contribution is -0.141. The zero-order chi connectivity index (χ0) is 17.4. The van der Waals surface area contributed by atoms with E-state index >= 15 is 0 Å². The number of aliphatic carboxylic acids is 2. The number of carbonyl (C=O) groups excluding carboxylic acids is 2. The maximum Gasteiger partial charge on any atom is 0.326 e. The number of carboxylic acid groups (broad SMARTS) is 2. The first-order valence-corrected chi connectivity index (χ1v) is 9.06. The summed E-state index contributed by atoms with van der Waals surface area (Å²) in [5.41, 5.74) is 0. The molecule has 10 heteroatoms. The van der Waals surface area contributed by atoms with Crippen LogP contribution in [0.5, 0.6) is 0 Å². The van der Waals surface area contributed by atoms with E-state index in [-0.39, 0.29) is 0 Å². The van der Waals surface area contributed by atoms with E-state index in [2.05, 4.69) is 10.6 Å². The average molecular weight is 354 g/mol. The Labute approximate surface area is 137 Å². The Hall–Kier alpha value is -1.42. The third-order valence-corrected chi connectivity index (χ3v) is 3.64. The van der Waals surface area contributed by atoms with Gasteiger partial charge in [0.2, 0.25) is 12.8 Å². The molecule has 0 aromatic rings. The molecule has 0 aromatic heterocycles. The Morgan fingerprint density at radius 3 is 1.41 bits per heavy atom. The van der Waals surface area contributed by atoms with Crippen molar-refractivity contribution in [3.63, 3.8) is 0 Å². The van der Waals surface area contributed by atoms with Gasteiger partial charge < -0.3 is 20.8 Å². The second-order valence-corrected chi connectivity index (χ2v) is 5.88. The minimum atomic E-state index is -0.980. The number of carboxylic acids is 2. The maximum atomic E-state index is 10.4. The molecule has 0 saturated carbocycles. The van der Waals surface area contributed by atoms with Crippen LogP contribution >= 0.6 is 23.5 Å². The van der Waals surface area contributed by atoms with Gasteiger partial charge in [-0.2, -0.15) is 23.5 Å². The van der Waals surface area contributed by atoms with Crippen molar-refractivity contribution in [1.29, 1.82) is 0 Å². The fourth-order valence-corrected chi connectivity index (χ4v) is 2.13.